The maximum atomic E-state index is 12.3. The fraction of sp³-hybridized carbons (Fsp3) is 0.350. The number of carbonyl (C=O) groups is 1. The summed E-state index contributed by atoms with van der Waals surface area (Å²) in [4.78, 5) is 14.6. The maximum Gasteiger partial charge on any atom is 0.241 e. The van der Waals surface area contributed by atoms with Gasteiger partial charge < -0.3 is 15.8 Å². The minimum absolute atomic E-state index is 0. The number of nitrogens with one attached hydrogen (secondary N) is 1. The van der Waals surface area contributed by atoms with Crippen LogP contribution in [0.3, 0.4) is 0 Å². The van der Waals surface area contributed by atoms with E-state index in [1.165, 1.54) is 5.56 Å². The number of carbonyl (C=O) groups excluding carboxylic acids is 1. The zero-order valence-corrected chi connectivity index (χ0v) is 16.8. The lowest BCUT2D eigenvalue weighted by atomic mass is 10.1. The minimum atomic E-state index is -0.648. The Morgan fingerprint density at radius 2 is 1.74 bits per heavy atom. The van der Waals surface area contributed by atoms with Crippen molar-refractivity contribution in [3.8, 4) is 0 Å². The molecule has 0 bridgehead atoms. The van der Waals surface area contributed by atoms with Crippen molar-refractivity contribution in [1.29, 1.82) is 0 Å². The van der Waals surface area contributed by atoms with Crippen molar-refractivity contribution in [3.05, 3.63) is 71.8 Å². The van der Waals surface area contributed by atoms with Gasteiger partial charge in [0, 0.05) is 26.2 Å². The molecule has 0 saturated carbocycles. The SMILES string of the molecule is Cl.Cl.NC(C(=O)NCC1CN(Cc2ccccc2)CCO1)c1ccccc1. The topological polar surface area (TPSA) is 67.6 Å². The summed E-state index contributed by atoms with van der Waals surface area (Å²) in [6, 6.07) is 19.1. The first-order valence-corrected chi connectivity index (χ1v) is 8.68. The molecule has 27 heavy (non-hydrogen) atoms. The fourth-order valence-electron chi connectivity index (χ4n) is 3.03. The molecule has 2 aromatic rings. The number of nitrogens with zero attached hydrogens (tertiary/aromatic N) is 1. The molecule has 1 fully saturated rings. The van der Waals surface area contributed by atoms with Crippen molar-refractivity contribution in [1.82, 2.24) is 10.2 Å². The molecule has 2 unspecified atom stereocenters. The fourth-order valence-corrected chi connectivity index (χ4v) is 3.03. The molecule has 2 aromatic carbocycles. The number of amides is 1. The molecule has 1 saturated heterocycles. The van der Waals surface area contributed by atoms with Crippen LogP contribution in [0.1, 0.15) is 17.2 Å². The van der Waals surface area contributed by atoms with Crippen LogP contribution in [-0.4, -0.2) is 43.2 Å². The Bertz CT molecular complexity index is 673. The highest BCUT2D eigenvalue weighted by Gasteiger charge is 2.22. The largest absolute Gasteiger partial charge is 0.374 e. The van der Waals surface area contributed by atoms with Crippen molar-refractivity contribution in [2.24, 2.45) is 5.73 Å². The van der Waals surface area contributed by atoms with Crippen molar-refractivity contribution < 1.29 is 9.53 Å². The van der Waals surface area contributed by atoms with Gasteiger partial charge >= 0.3 is 0 Å². The molecule has 0 aromatic heterocycles. The highest BCUT2D eigenvalue weighted by molar-refractivity contribution is 5.85. The molecule has 0 spiro atoms. The minimum Gasteiger partial charge on any atom is -0.374 e. The van der Waals surface area contributed by atoms with E-state index in [4.69, 9.17) is 10.5 Å². The van der Waals surface area contributed by atoms with Crippen LogP contribution in [0.2, 0.25) is 0 Å². The second-order valence-electron chi connectivity index (χ2n) is 6.35. The van der Waals surface area contributed by atoms with Crippen LogP contribution in [-0.2, 0) is 16.1 Å². The molecule has 1 aliphatic rings. The van der Waals surface area contributed by atoms with E-state index in [2.05, 4.69) is 34.5 Å². The van der Waals surface area contributed by atoms with Gasteiger partial charge in [-0.05, 0) is 11.1 Å². The van der Waals surface area contributed by atoms with Crippen LogP contribution in [0.4, 0.5) is 0 Å². The zero-order chi connectivity index (χ0) is 17.5. The third kappa shape index (κ3) is 7.13. The standard InChI is InChI=1S/C20H25N3O2.2ClH/c21-19(17-9-5-2-6-10-17)20(24)22-13-18-15-23(11-12-25-18)14-16-7-3-1-4-8-16;;/h1-10,18-19H,11-15,21H2,(H,22,24);2*1H. The normalized spacial score (nSPS) is 17.9. The van der Waals surface area contributed by atoms with E-state index in [0.29, 0.717) is 13.2 Å². The Kier molecular flexibility index (Phi) is 10.4. The summed E-state index contributed by atoms with van der Waals surface area (Å²) in [5.41, 5.74) is 8.13. The second-order valence-corrected chi connectivity index (χ2v) is 6.35. The van der Waals surface area contributed by atoms with Crippen LogP contribution in [0, 0.1) is 0 Å². The van der Waals surface area contributed by atoms with E-state index in [0.717, 1.165) is 25.2 Å². The molecule has 3 rings (SSSR count). The molecule has 1 aliphatic heterocycles. The van der Waals surface area contributed by atoms with Crippen LogP contribution in [0.5, 0.6) is 0 Å². The number of benzene rings is 2. The summed E-state index contributed by atoms with van der Waals surface area (Å²) >= 11 is 0. The van der Waals surface area contributed by atoms with E-state index >= 15 is 0 Å². The molecular formula is C20H27Cl2N3O2. The zero-order valence-electron chi connectivity index (χ0n) is 15.1. The number of halogens is 2. The number of hydrogen-bond acceptors (Lipinski definition) is 4. The van der Waals surface area contributed by atoms with E-state index in [1.54, 1.807) is 0 Å². The van der Waals surface area contributed by atoms with Crippen LogP contribution in [0.15, 0.2) is 60.7 Å². The van der Waals surface area contributed by atoms with Crippen LogP contribution >= 0.6 is 24.8 Å². The highest BCUT2D eigenvalue weighted by atomic mass is 35.5. The Morgan fingerprint density at radius 1 is 1.11 bits per heavy atom. The molecular weight excluding hydrogens is 385 g/mol. The molecule has 148 valence electrons. The molecule has 2 atom stereocenters. The third-order valence-electron chi connectivity index (χ3n) is 4.42. The smallest absolute Gasteiger partial charge is 0.241 e. The predicted molar refractivity (Wildman–Crippen MR) is 112 cm³/mol. The summed E-state index contributed by atoms with van der Waals surface area (Å²) in [5, 5.41) is 2.92. The number of rotatable bonds is 6. The number of morpholine rings is 1. The van der Waals surface area contributed by atoms with Gasteiger partial charge in [0.1, 0.15) is 6.04 Å². The van der Waals surface area contributed by atoms with Crippen molar-refractivity contribution >= 4 is 30.7 Å². The highest BCUT2D eigenvalue weighted by Crippen LogP contribution is 2.12. The molecule has 1 heterocycles. The summed E-state index contributed by atoms with van der Waals surface area (Å²) in [6.45, 7) is 3.76. The number of nitrogens with two attached hydrogens (primary N) is 1. The van der Waals surface area contributed by atoms with Gasteiger partial charge in [-0.1, -0.05) is 60.7 Å². The van der Waals surface area contributed by atoms with E-state index in [-0.39, 0.29) is 36.8 Å². The van der Waals surface area contributed by atoms with Gasteiger partial charge in [-0.25, -0.2) is 0 Å². The van der Waals surface area contributed by atoms with E-state index in [1.807, 2.05) is 36.4 Å². The predicted octanol–water partition coefficient (Wildman–Crippen LogP) is 2.55. The quantitative estimate of drug-likeness (QED) is 0.766. The van der Waals surface area contributed by atoms with Crippen molar-refractivity contribution in [2.75, 3.05) is 26.2 Å². The first-order valence-electron chi connectivity index (χ1n) is 8.68. The lowest BCUT2D eigenvalue weighted by molar-refractivity contribution is -0.123. The summed E-state index contributed by atoms with van der Waals surface area (Å²) in [6.07, 6.45) is -0.00983. The van der Waals surface area contributed by atoms with Gasteiger partial charge in [-0.15, -0.1) is 24.8 Å². The van der Waals surface area contributed by atoms with Gasteiger partial charge in [-0.2, -0.15) is 0 Å². The van der Waals surface area contributed by atoms with E-state index in [9.17, 15) is 4.79 Å². The lowest BCUT2D eigenvalue weighted by Crippen LogP contribution is -2.48. The monoisotopic (exact) mass is 411 g/mol. The molecule has 5 nitrogen and oxygen atoms in total. The Hall–Kier alpha value is -1.63. The molecule has 0 aliphatic carbocycles. The number of hydrogen-bond donors (Lipinski definition) is 2. The number of ether oxygens (including phenoxy) is 1. The third-order valence-corrected chi connectivity index (χ3v) is 4.42. The van der Waals surface area contributed by atoms with Crippen LogP contribution in [0.25, 0.3) is 0 Å². The molecule has 3 N–H and O–H groups in total. The lowest BCUT2D eigenvalue weighted by Gasteiger charge is -2.33. The van der Waals surface area contributed by atoms with Gasteiger partial charge in [0.15, 0.2) is 0 Å². The van der Waals surface area contributed by atoms with Gasteiger partial charge in [0.2, 0.25) is 5.91 Å². The van der Waals surface area contributed by atoms with Gasteiger partial charge in [0.25, 0.3) is 0 Å². The van der Waals surface area contributed by atoms with Gasteiger partial charge in [-0.3, -0.25) is 9.69 Å². The average Bonchev–Trinajstić information content (AvgIpc) is 2.67. The Balaban J connectivity index is 0.00000182. The summed E-state index contributed by atoms with van der Waals surface area (Å²) in [5.74, 6) is -0.171. The van der Waals surface area contributed by atoms with Crippen molar-refractivity contribution in [2.45, 2.75) is 18.7 Å². The Morgan fingerprint density at radius 3 is 2.41 bits per heavy atom. The summed E-state index contributed by atoms with van der Waals surface area (Å²) < 4.78 is 5.78. The molecule has 0 radical (unpaired) electrons. The molecule has 7 heteroatoms. The first-order chi connectivity index (χ1) is 12.2. The van der Waals surface area contributed by atoms with Gasteiger partial charge in [0.05, 0.1) is 12.7 Å². The second kappa shape index (κ2) is 12.0. The molecule has 1 amide bonds. The Labute approximate surface area is 173 Å². The van der Waals surface area contributed by atoms with E-state index < -0.39 is 6.04 Å². The first kappa shape index (κ1) is 23.4. The van der Waals surface area contributed by atoms with Crippen LogP contribution < -0.4 is 11.1 Å². The van der Waals surface area contributed by atoms with Crippen molar-refractivity contribution in [3.63, 3.8) is 0 Å². The maximum absolute atomic E-state index is 12.3. The average molecular weight is 412 g/mol. The summed E-state index contributed by atoms with van der Waals surface area (Å²) in [7, 11) is 0.